The maximum atomic E-state index is 5.67. The normalized spacial score (nSPS) is 10.4. The molecule has 0 aromatic carbocycles. The first-order chi connectivity index (χ1) is 5.90. The minimum atomic E-state index is 0.394. The van der Waals surface area contributed by atoms with E-state index < -0.39 is 0 Å². The molecule has 0 N–H and O–H groups in total. The summed E-state index contributed by atoms with van der Waals surface area (Å²) in [4.78, 5) is 6.58. The molecule has 0 unspecified atom stereocenters. The summed E-state index contributed by atoms with van der Waals surface area (Å²) < 4.78 is 1.21. The van der Waals surface area contributed by atoms with Crippen molar-refractivity contribution in [2.75, 3.05) is 0 Å². The summed E-state index contributed by atoms with van der Waals surface area (Å²) in [5.74, 6) is 0.537. The molecule has 0 atom stereocenters. The summed E-state index contributed by atoms with van der Waals surface area (Å²) in [6.45, 7) is 0. The van der Waals surface area contributed by atoms with Crippen LogP contribution in [0.1, 0.15) is 5.69 Å². The van der Waals surface area contributed by atoms with E-state index in [4.69, 9.17) is 11.6 Å². The third-order valence-corrected chi connectivity index (χ3v) is 4.39. The number of aromatic nitrogens is 1. The van der Waals surface area contributed by atoms with Crippen LogP contribution >= 0.6 is 22.9 Å². The molecule has 0 saturated carbocycles. The second-order valence-corrected chi connectivity index (χ2v) is 5.14. The molecular weight excluding hydrogens is 257 g/mol. The van der Waals surface area contributed by atoms with Crippen LogP contribution in [0, 0.1) is 0 Å². The Balaban J connectivity index is 2.35. The van der Waals surface area contributed by atoms with Gasteiger partial charge in [0, 0.05) is 0 Å². The molecule has 0 aliphatic heterocycles. The zero-order valence-corrected chi connectivity index (χ0v) is 9.44. The average Bonchev–Trinajstić information content (AvgIpc) is 2.75. The van der Waals surface area contributed by atoms with Crippen LogP contribution in [0.2, 0.25) is 0 Å². The number of hydrogen-bond donors (Lipinski definition) is 0. The molecule has 2 rings (SSSR count). The van der Waals surface area contributed by atoms with Crippen LogP contribution in [0.25, 0.3) is 10.1 Å². The fourth-order valence-electron chi connectivity index (χ4n) is 0.887. The first kappa shape index (κ1) is 8.51. The number of nitrogens with zero attached hydrogens (tertiary/aromatic N) is 1. The standard InChI is InChI=1S/C8H6ClNSSe/c9-3-7-5-12-8(10-7)6-1-2-11-4-6/h1-2,4-5H,3H2. The molecule has 2 heterocycles. The van der Waals surface area contributed by atoms with Crippen molar-refractivity contribution < 1.29 is 0 Å². The topological polar surface area (TPSA) is 12.9 Å². The van der Waals surface area contributed by atoms with Crippen molar-refractivity contribution in [2.45, 2.75) is 5.88 Å². The van der Waals surface area contributed by atoms with Crippen molar-refractivity contribution in [3.63, 3.8) is 0 Å². The van der Waals surface area contributed by atoms with Crippen molar-refractivity contribution >= 4 is 37.4 Å². The SMILES string of the molecule is ClCc1c[se]c(-c2ccsc2)n1. The van der Waals surface area contributed by atoms with Gasteiger partial charge in [-0.1, -0.05) is 0 Å². The van der Waals surface area contributed by atoms with Gasteiger partial charge in [0.15, 0.2) is 0 Å². The Morgan fingerprint density at radius 2 is 2.50 bits per heavy atom. The molecule has 0 amide bonds. The van der Waals surface area contributed by atoms with E-state index in [9.17, 15) is 0 Å². The van der Waals surface area contributed by atoms with E-state index in [1.54, 1.807) is 11.3 Å². The number of alkyl halides is 1. The zero-order valence-electron chi connectivity index (χ0n) is 6.16. The molecule has 62 valence electrons. The average molecular weight is 263 g/mol. The Hall–Kier alpha value is -0.0805. The van der Waals surface area contributed by atoms with Crippen LogP contribution in [0.3, 0.4) is 0 Å². The quantitative estimate of drug-likeness (QED) is 0.599. The molecule has 0 bridgehead atoms. The van der Waals surface area contributed by atoms with Crippen LogP contribution in [0.4, 0.5) is 0 Å². The van der Waals surface area contributed by atoms with Crippen molar-refractivity contribution in [3.8, 4) is 10.1 Å². The Bertz CT molecular complexity index is 355. The van der Waals surface area contributed by atoms with Crippen LogP contribution < -0.4 is 0 Å². The fraction of sp³-hybridized carbons (Fsp3) is 0.125. The van der Waals surface area contributed by atoms with E-state index in [2.05, 4.69) is 26.8 Å². The summed E-state index contributed by atoms with van der Waals surface area (Å²) in [6.07, 6.45) is 0. The Morgan fingerprint density at radius 1 is 1.58 bits per heavy atom. The fourth-order valence-corrected chi connectivity index (χ4v) is 3.75. The van der Waals surface area contributed by atoms with Gasteiger partial charge in [0.05, 0.1) is 0 Å². The molecule has 4 heteroatoms. The summed E-state index contributed by atoms with van der Waals surface area (Å²) in [7, 11) is 0. The van der Waals surface area contributed by atoms with E-state index in [0.717, 1.165) is 5.69 Å². The van der Waals surface area contributed by atoms with E-state index in [1.165, 1.54) is 10.1 Å². The van der Waals surface area contributed by atoms with Gasteiger partial charge in [0.1, 0.15) is 0 Å². The molecular formula is C8H6ClNSSe. The number of rotatable bonds is 2. The molecule has 0 spiro atoms. The van der Waals surface area contributed by atoms with Crippen molar-refractivity contribution in [3.05, 3.63) is 27.5 Å². The van der Waals surface area contributed by atoms with Gasteiger partial charge in [-0.3, -0.25) is 0 Å². The Morgan fingerprint density at radius 3 is 3.08 bits per heavy atom. The maximum absolute atomic E-state index is 5.67. The van der Waals surface area contributed by atoms with Crippen LogP contribution in [-0.4, -0.2) is 19.5 Å². The molecule has 0 aliphatic rings. The van der Waals surface area contributed by atoms with Crippen LogP contribution in [0.15, 0.2) is 21.8 Å². The summed E-state index contributed by atoms with van der Waals surface area (Å²) in [5.41, 5.74) is 2.29. The van der Waals surface area contributed by atoms with Gasteiger partial charge in [-0.25, -0.2) is 0 Å². The number of thiophene rings is 1. The van der Waals surface area contributed by atoms with Crippen LogP contribution in [0.5, 0.6) is 0 Å². The molecule has 2 aromatic rings. The van der Waals surface area contributed by atoms with E-state index in [-0.39, 0.29) is 0 Å². The Labute approximate surface area is 85.8 Å². The zero-order chi connectivity index (χ0) is 8.39. The molecule has 2 aromatic heterocycles. The molecule has 1 nitrogen and oxygen atoms in total. The van der Waals surface area contributed by atoms with Crippen LogP contribution in [-0.2, 0) is 5.88 Å². The molecule has 0 radical (unpaired) electrons. The Kier molecular flexibility index (Phi) is 2.66. The third-order valence-electron chi connectivity index (χ3n) is 1.46. The number of hydrogen-bond acceptors (Lipinski definition) is 2. The minimum absolute atomic E-state index is 0.394. The van der Waals surface area contributed by atoms with Crippen molar-refractivity contribution in [1.82, 2.24) is 4.98 Å². The van der Waals surface area contributed by atoms with E-state index in [0.29, 0.717) is 20.4 Å². The first-order valence-electron chi connectivity index (χ1n) is 3.43. The second kappa shape index (κ2) is 3.75. The van der Waals surface area contributed by atoms with Crippen molar-refractivity contribution in [1.29, 1.82) is 0 Å². The molecule has 0 aliphatic carbocycles. The van der Waals surface area contributed by atoms with Gasteiger partial charge in [0.2, 0.25) is 0 Å². The monoisotopic (exact) mass is 263 g/mol. The second-order valence-electron chi connectivity index (χ2n) is 2.29. The van der Waals surface area contributed by atoms with Gasteiger partial charge in [-0.05, 0) is 0 Å². The van der Waals surface area contributed by atoms with E-state index >= 15 is 0 Å². The molecule has 0 saturated heterocycles. The number of halogens is 1. The van der Waals surface area contributed by atoms with Gasteiger partial charge >= 0.3 is 85.9 Å². The molecule has 12 heavy (non-hydrogen) atoms. The van der Waals surface area contributed by atoms with Gasteiger partial charge in [-0.15, -0.1) is 0 Å². The van der Waals surface area contributed by atoms with Gasteiger partial charge in [-0.2, -0.15) is 0 Å². The first-order valence-corrected chi connectivity index (χ1v) is 6.75. The third kappa shape index (κ3) is 1.64. The van der Waals surface area contributed by atoms with Gasteiger partial charge < -0.3 is 0 Å². The summed E-state index contributed by atoms with van der Waals surface area (Å²) in [6, 6.07) is 2.11. The predicted octanol–water partition coefficient (Wildman–Crippen LogP) is 2.61. The summed E-state index contributed by atoms with van der Waals surface area (Å²) >= 11 is 7.77. The summed E-state index contributed by atoms with van der Waals surface area (Å²) in [5, 5.41) is 4.21. The molecule has 0 fully saturated rings. The van der Waals surface area contributed by atoms with E-state index in [1.807, 2.05) is 0 Å². The van der Waals surface area contributed by atoms with Crippen molar-refractivity contribution in [2.24, 2.45) is 0 Å². The predicted molar refractivity (Wildman–Crippen MR) is 54.0 cm³/mol. The van der Waals surface area contributed by atoms with Gasteiger partial charge in [0.25, 0.3) is 0 Å².